The number of aromatic nitrogens is 1. The fourth-order valence-corrected chi connectivity index (χ4v) is 3.11. The first-order chi connectivity index (χ1) is 14.6. The second-order valence-electron chi connectivity index (χ2n) is 7.62. The molecule has 0 saturated heterocycles. The molecule has 1 atom stereocenters. The summed E-state index contributed by atoms with van der Waals surface area (Å²) in [5, 5.41) is 6.67. The molecule has 0 bridgehead atoms. The van der Waals surface area contributed by atoms with Crippen molar-refractivity contribution >= 4 is 5.96 Å². The first-order valence-electron chi connectivity index (χ1n) is 10.9. The normalized spacial score (nSPS) is 12.6. The number of pyridine rings is 1. The van der Waals surface area contributed by atoms with Gasteiger partial charge in [-0.3, -0.25) is 9.79 Å². The highest BCUT2D eigenvalue weighted by Gasteiger charge is 2.04. The quantitative estimate of drug-likeness (QED) is 0.319. The maximum absolute atomic E-state index is 11.9. The molecule has 0 saturated carbocycles. The highest BCUT2D eigenvalue weighted by molar-refractivity contribution is 5.79. The van der Waals surface area contributed by atoms with Gasteiger partial charge in [-0.15, -0.1) is 0 Å². The Kier molecular flexibility index (Phi) is 10.7. The Morgan fingerprint density at radius 3 is 2.63 bits per heavy atom. The van der Waals surface area contributed by atoms with Crippen LogP contribution in [0.25, 0.3) is 0 Å². The number of rotatable bonds is 12. The van der Waals surface area contributed by atoms with Gasteiger partial charge in [0.15, 0.2) is 5.96 Å². The van der Waals surface area contributed by atoms with Crippen molar-refractivity contribution in [2.45, 2.75) is 46.8 Å². The Morgan fingerprint density at radius 1 is 1.10 bits per heavy atom. The van der Waals surface area contributed by atoms with Crippen LogP contribution in [0.4, 0.5) is 0 Å². The molecule has 0 radical (unpaired) electrons. The monoisotopic (exact) mass is 412 g/mol. The third-order valence-corrected chi connectivity index (χ3v) is 4.79. The smallest absolute Gasteiger partial charge is 0.250 e. The summed E-state index contributed by atoms with van der Waals surface area (Å²) in [7, 11) is 0. The lowest BCUT2D eigenvalue weighted by Crippen LogP contribution is -2.38. The minimum absolute atomic E-state index is 0.0707. The van der Waals surface area contributed by atoms with Gasteiger partial charge < -0.3 is 19.9 Å². The number of aliphatic imine (C=N–C) groups is 1. The van der Waals surface area contributed by atoms with E-state index in [2.05, 4.69) is 41.6 Å². The third-order valence-electron chi connectivity index (χ3n) is 4.79. The number of hydrogen-bond acceptors (Lipinski definition) is 3. The standard InChI is InChI=1S/C24H36N4O2/c1-4-25-24(26-15-8-9-16-28-21(3)11-10-14-23(28)29)27-17-20(2)18-30-19-22-12-6-5-7-13-22/h5-7,10-14,20H,4,8-9,15-19H2,1-3H3,(H2,25,26,27). The highest BCUT2D eigenvalue weighted by atomic mass is 16.5. The van der Waals surface area contributed by atoms with E-state index in [9.17, 15) is 4.79 Å². The van der Waals surface area contributed by atoms with Crippen LogP contribution in [0.1, 0.15) is 37.9 Å². The van der Waals surface area contributed by atoms with Crippen molar-refractivity contribution in [1.82, 2.24) is 15.2 Å². The van der Waals surface area contributed by atoms with Crippen LogP contribution in [0.2, 0.25) is 0 Å². The molecule has 0 aliphatic heterocycles. The first kappa shape index (κ1) is 23.7. The van der Waals surface area contributed by atoms with Gasteiger partial charge in [0, 0.05) is 37.9 Å². The minimum atomic E-state index is 0.0707. The predicted molar refractivity (Wildman–Crippen MR) is 124 cm³/mol. The molecule has 0 fully saturated rings. The molecule has 1 heterocycles. The van der Waals surface area contributed by atoms with E-state index in [1.54, 1.807) is 6.07 Å². The molecule has 30 heavy (non-hydrogen) atoms. The molecule has 0 amide bonds. The number of nitrogens with zero attached hydrogens (tertiary/aromatic N) is 2. The highest BCUT2D eigenvalue weighted by Crippen LogP contribution is 2.04. The lowest BCUT2D eigenvalue weighted by Gasteiger charge is -2.14. The molecule has 2 aromatic rings. The fourth-order valence-electron chi connectivity index (χ4n) is 3.11. The average Bonchev–Trinajstić information content (AvgIpc) is 2.74. The van der Waals surface area contributed by atoms with Gasteiger partial charge >= 0.3 is 0 Å². The zero-order valence-corrected chi connectivity index (χ0v) is 18.6. The number of hydrogen-bond donors (Lipinski definition) is 2. The van der Waals surface area contributed by atoms with E-state index >= 15 is 0 Å². The first-order valence-corrected chi connectivity index (χ1v) is 10.9. The van der Waals surface area contributed by atoms with Crippen molar-refractivity contribution < 1.29 is 4.74 Å². The molecule has 6 nitrogen and oxygen atoms in total. The van der Waals surface area contributed by atoms with Gasteiger partial charge in [-0.2, -0.15) is 0 Å². The molecule has 2 rings (SSSR count). The SMILES string of the molecule is CCNC(=NCC(C)COCc1ccccc1)NCCCCn1c(C)cccc1=O. The molecule has 1 aromatic heterocycles. The van der Waals surface area contributed by atoms with Gasteiger partial charge in [0.2, 0.25) is 0 Å². The van der Waals surface area contributed by atoms with Crippen molar-refractivity contribution in [3.63, 3.8) is 0 Å². The molecular weight excluding hydrogens is 376 g/mol. The number of guanidine groups is 1. The molecule has 6 heteroatoms. The van der Waals surface area contributed by atoms with E-state index < -0.39 is 0 Å². The molecule has 1 unspecified atom stereocenters. The Hall–Kier alpha value is -2.60. The van der Waals surface area contributed by atoms with E-state index in [-0.39, 0.29) is 5.56 Å². The maximum Gasteiger partial charge on any atom is 0.250 e. The van der Waals surface area contributed by atoms with Crippen molar-refractivity contribution in [1.29, 1.82) is 0 Å². The van der Waals surface area contributed by atoms with Gasteiger partial charge in [0.1, 0.15) is 0 Å². The number of unbranched alkanes of at least 4 members (excludes halogenated alkanes) is 1. The number of nitrogens with one attached hydrogen (secondary N) is 2. The van der Waals surface area contributed by atoms with Crippen LogP contribution in [-0.4, -0.2) is 36.8 Å². The lowest BCUT2D eigenvalue weighted by molar-refractivity contribution is 0.0945. The zero-order valence-electron chi connectivity index (χ0n) is 18.6. The van der Waals surface area contributed by atoms with Crippen LogP contribution < -0.4 is 16.2 Å². The van der Waals surface area contributed by atoms with Crippen molar-refractivity contribution in [3.8, 4) is 0 Å². The Morgan fingerprint density at radius 2 is 1.90 bits per heavy atom. The molecule has 0 aliphatic carbocycles. The summed E-state index contributed by atoms with van der Waals surface area (Å²) in [4.78, 5) is 16.6. The van der Waals surface area contributed by atoms with Gasteiger partial charge in [0.05, 0.1) is 13.2 Å². The van der Waals surface area contributed by atoms with Crippen molar-refractivity contribution in [3.05, 3.63) is 70.1 Å². The summed E-state index contributed by atoms with van der Waals surface area (Å²) < 4.78 is 7.64. The summed E-state index contributed by atoms with van der Waals surface area (Å²) in [5.74, 6) is 1.18. The van der Waals surface area contributed by atoms with Crippen molar-refractivity contribution in [2.75, 3.05) is 26.2 Å². The topological polar surface area (TPSA) is 67.7 Å². The average molecular weight is 413 g/mol. The van der Waals surface area contributed by atoms with E-state index in [4.69, 9.17) is 4.74 Å². The summed E-state index contributed by atoms with van der Waals surface area (Å²) in [5.41, 5.74) is 2.27. The molecule has 0 spiro atoms. The molecule has 1 aromatic carbocycles. The maximum atomic E-state index is 11.9. The lowest BCUT2D eigenvalue weighted by atomic mass is 10.2. The Bertz CT molecular complexity index is 817. The second-order valence-corrected chi connectivity index (χ2v) is 7.62. The van der Waals surface area contributed by atoms with Crippen LogP contribution in [0.5, 0.6) is 0 Å². The van der Waals surface area contributed by atoms with Crippen LogP contribution in [-0.2, 0) is 17.9 Å². The fraction of sp³-hybridized carbons (Fsp3) is 0.500. The van der Waals surface area contributed by atoms with E-state index in [1.165, 1.54) is 5.56 Å². The summed E-state index contributed by atoms with van der Waals surface area (Å²) in [6, 6.07) is 15.6. The van der Waals surface area contributed by atoms with Crippen molar-refractivity contribution in [2.24, 2.45) is 10.9 Å². The number of benzene rings is 1. The minimum Gasteiger partial charge on any atom is -0.376 e. The Labute approximate surface area is 180 Å². The third kappa shape index (κ3) is 8.82. The molecule has 164 valence electrons. The molecule has 0 aliphatic rings. The van der Waals surface area contributed by atoms with Crippen LogP contribution in [0, 0.1) is 12.8 Å². The summed E-state index contributed by atoms with van der Waals surface area (Å²) in [6.45, 7) is 10.6. The number of aryl methyl sites for hydroxylation is 1. The second kappa shape index (κ2) is 13.6. The van der Waals surface area contributed by atoms with Gasteiger partial charge in [-0.25, -0.2) is 0 Å². The predicted octanol–water partition coefficient (Wildman–Crippen LogP) is 3.34. The van der Waals surface area contributed by atoms with Gasteiger partial charge in [-0.1, -0.05) is 43.3 Å². The molecule has 2 N–H and O–H groups in total. The summed E-state index contributed by atoms with van der Waals surface area (Å²) in [6.07, 6.45) is 1.92. The van der Waals surface area contributed by atoms with Gasteiger partial charge in [-0.05, 0) is 44.2 Å². The van der Waals surface area contributed by atoms with E-state index in [0.717, 1.165) is 44.1 Å². The number of ether oxygens (including phenoxy) is 1. The Balaban J connectivity index is 1.67. The van der Waals surface area contributed by atoms with Crippen LogP contribution >= 0.6 is 0 Å². The van der Waals surface area contributed by atoms with Crippen LogP contribution in [0.3, 0.4) is 0 Å². The molecular formula is C24H36N4O2. The van der Waals surface area contributed by atoms with Crippen LogP contribution in [0.15, 0.2) is 58.3 Å². The largest absolute Gasteiger partial charge is 0.376 e. The summed E-state index contributed by atoms with van der Waals surface area (Å²) >= 11 is 0. The zero-order chi connectivity index (χ0) is 21.6. The van der Waals surface area contributed by atoms with E-state index in [1.807, 2.05) is 41.8 Å². The van der Waals surface area contributed by atoms with E-state index in [0.29, 0.717) is 25.7 Å². The van der Waals surface area contributed by atoms with Gasteiger partial charge in [0.25, 0.3) is 5.56 Å².